The quantitative estimate of drug-likeness (QED) is 0.297. The Morgan fingerprint density at radius 2 is 1.24 bits per heavy atom. The van der Waals surface area contributed by atoms with Crippen molar-refractivity contribution in [3.05, 3.63) is 129 Å². The lowest BCUT2D eigenvalue weighted by molar-refractivity contribution is -0.384. The van der Waals surface area contributed by atoms with E-state index >= 15 is 0 Å². The molecule has 0 saturated heterocycles. The number of anilines is 1. The minimum atomic E-state index is -0.462. The van der Waals surface area contributed by atoms with Gasteiger partial charge in [-0.3, -0.25) is 24.5 Å². The van der Waals surface area contributed by atoms with E-state index in [1.807, 2.05) is 0 Å². The normalized spacial score (nSPS) is 12.0. The van der Waals surface area contributed by atoms with E-state index in [4.69, 9.17) is 0 Å². The molecule has 4 aromatic carbocycles. The average molecular weight is 448 g/mol. The first-order valence-electron chi connectivity index (χ1n) is 10.4. The smallest absolute Gasteiger partial charge is 0.269 e. The third-order valence-corrected chi connectivity index (χ3v) is 5.76. The van der Waals surface area contributed by atoms with E-state index < -0.39 is 10.8 Å². The molecule has 0 fully saturated rings. The van der Waals surface area contributed by atoms with Gasteiger partial charge in [0.1, 0.15) is 0 Å². The van der Waals surface area contributed by atoms with Crippen molar-refractivity contribution in [3.63, 3.8) is 0 Å². The molecule has 0 bridgehead atoms. The van der Waals surface area contributed by atoms with Crippen molar-refractivity contribution >= 4 is 28.8 Å². The van der Waals surface area contributed by atoms with Crippen molar-refractivity contribution in [1.29, 1.82) is 0 Å². The van der Waals surface area contributed by atoms with Gasteiger partial charge >= 0.3 is 0 Å². The Labute approximate surface area is 193 Å². The SMILES string of the molecule is O=C(Nc1cccc2c1C(=O)c1ccccc1C2=O)c1ccc(-c2ccc([N+](=O)[O-])cc2)cc1. The lowest BCUT2D eigenvalue weighted by Crippen LogP contribution is -2.23. The zero-order chi connectivity index (χ0) is 23.8. The average Bonchev–Trinajstić information content (AvgIpc) is 2.87. The van der Waals surface area contributed by atoms with E-state index in [2.05, 4.69) is 5.32 Å². The van der Waals surface area contributed by atoms with Gasteiger partial charge < -0.3 is 5.32 Å². The number of amides is 1. The molecule has 1 amide bonds. The summed E-state index contributed by atoms with van der Waals surface area (Å²) in [5.74, 6) is -0.994. The number of rotatable bonds is 4. The van der Waals surface area contributed by atoms with Crippen LogP contribution >= 0.6 is 0 Å². The highest BCUT2D eigenvalue weighted by Gasteiger charge is 2.31. The second kappa shape index (κ2) is 8.22. The minimum Gasteiger partial charge on any atom is -0.321 e. The van der Waals surface area contributed by atoms with E-state index in [0.717, 1.165) is 11.1 Å². The maximum absolute atomic E-state index is 13.1. The van der Waals surface area contributed by atoms with Crippen molar-refractivity contribution in [1.82, 2.24) is 0 Å². The molecular weight excluding hydrogens is 432 g/mol. The van der Waals surface area contributed by atoms with Gasteiger partial charge in [-0.15, -0.1) is 0 Å². The molecule has 0 aliphatic heterocycles. The number of ketones is 2. The van der Waals surface area contributed by atoms with Crippen LogP contribution in [0.4, 0.5) is 11.4 Å². The van der Waals surface area contributed by atoms with E-state index in [1.54, 1.807) is 78.9 Å². The first kappa shape index (κ1) is 21.0. The Morgan fingerprint density at radius 3 is 1.85 bits per heavy atom. The molecule has 1 N–H and O–H groups in total. The van der Waals surface area contributed by atoms with Crippen LogP contribution < -0.4 is 5.32 Å². The molecule has 0 saturated carbocycles. The summed E-state index contributed by atoms with van der Waals surface area (Å²) in [7, 11) is 0. The van der Waals surface area contributed by atoms with E-state index in [-0.39, 0.29) is 34.1 Å². The molecule has 0 spiro atoms. The highest BCUT2D eigenvalue weighted by Crippen LogP contribution is 2.32. The third-order valence-electron chi connectivity index (χ3n) is 5.76. The monoisotopic (exact) mass is 448 g/mol. The van der Waals surface area contributed by atoms with E-state index in [9.17, 15) is 24.5 Å². The van der Waals surface area contributed by atoms with Crippen LogP contribution in [0.3, 0.4) is 0 Å². The van der Waals surface area contributed by atoms with Gasteiger partial charge in [-0.2, -0.15) is 0 Å². The number of nitrogens with zero attached hydrogens (tertiary/aromatic N) is 1. The van der Waals surface area contributed by atoms with Gasteiger partial charge in [0.2, 0.25) is 0 Å². The van der Waals surface area contributed by atoms with Crippen LogP contribution in [0.25, 0.3) is 11.1 Å². The molecule has 0 heterocycles. The number of benzene rings is 4. The lowest BCUT2D eigenvalue weighted by Gasteiger charge is -2.20. The van der Waals surface area contributed by atoms with Crippen LogP contribution in [0.2, 0.25) is 0 Å². The van der Waals surface area contributed by atoms with Gasteiger partial charge in [0.15, 0.2) is 11.6 Å². The Morgan fingerprint density at radius 1 is 0.676 bits per heavy atom. The molecule has 1 aliphatic carbocycles. The summed E-state index contributed by atoms with van der Waals surface area (Å²) in [6, 6.07) is 24.3. The number of nitro benzene ring substituents is 1. The summed E-state index contributed by atoms with van der Waals surface area (Å²) in [6.45, 7) is 0. The number of fused-ring (bicyclic) bond motifs is 2. The van der Waals surface area contributed by atoms with Crippen molar-refractivity contribution < 1.29 is 19.3 Å². The van der Waals surface area contributed by atoms with Crippen LogP contribution in [0.1, 0.15) is 42.2 Å². The summed E-state index contributed by atoms with van der Waals surface area (Å²) >= 11 is 0. The highest BCUT2D eigenvalue weighted by molar-refractivity contribution is 6.30. The molecule has 0 unspecified atom stereocenters. The first-order chi connectivity index (χ1) is 16.4. The van der Waals surface area contributed by atoms with Gasteiger partial charge in [-0.05, 0) is 41.5 Å². The van der Waals surface area contributed by atoms with Crippen molar-refractivity contribution in [2.75, 3.05) is 5.32 Å². The molecule has 4 aromatic rings. The number of non-ortho nitro benzene ring substituents is 1. The third kappa shape index (κ3) is 3.55. The summed E-state index contributed by atoms with van der Waals surface area (Å²) in [5, 5.41) is 13.6. The molecule has 7 heteroatoms. The van der Waals surface area contributed by atoms with Gasteiger partial charge in [0, 0.05) is 34.4 Å². The lowest BCUT2D eigenvalue weighted by atomic mass is 9.83. The Bertz CT molecular complexity index is 1490. The first-order valence-corrected chi connectivity index (χ1v) is 10.4. The summed E-state index contributed by atoms with van der Waals surface area (Å²) < 4.78 is 0. The fourth-order valence-electron chi connectivity index (χ4n) is 4.03. The second-order valence-electron chi connectivity index (χ2n) is 7.77. The molecule has 7 nitrogen and oxygen atoms in total. The predicted molar refractivity (Wildman–Crippen MR) is 126 cm³/mol. The molecule has 1 aliphatic rings. The van der Waals surface area contributed by atoms with Crippen LogP contribution in [-0.4, -0.2) is 22.4 Å². The fraction of sp³-hybridized carbons (Fsp3) is 0. The maximum atomic E-state index is 13.1. The van der Waals surface area contributed by atoms with Gasteiger partial charge in [-0.25, -0.2) is 0 Å². The number of nitrogens with one attached hydrogen (secondary N) is 1. The standard InChI is InChI=1S/C27H16N2O5/c30-25-20-4-1-2-5-21(20)26(31)24-22(25)6-3-7-23(24)28-27(32)18-10-8-16(9-11-18)17-12-14-19(15-13-17)29(33)34/h1-15H,(H,28,32). The number of carbonyl (C=O) groups excluding carboxylic acids is 3. The van der Waals surface area contributed by atoms with Gasteiger partial charge in [0.25, 0.3) is 11.6 Å². The summed E-state index contributed by atoms with van der Waals surface area (Å²) in [4.78, 5) is 49.3. The number of hydrogen-bond acceptors (Lipinski definition) is 5. The van der Waals surface area contributed by atoms with E-state index in [1.165, 1.54) is 12.1 Å². The zero-order valence-corrected chi connectivity index (χ0v) is 17.6. The van der Waals surface area contributed by atoms with Crippen LogP contribution in [0.15, 0.2) is 91.0 Å². The molecule has 0 atom stereocenters. The zero-order valence-electron chi connectivity index (χ0n) is 17.6. The molecule has 164 valence electrons. The van der Waals surface area contributed by atoms with E-state index in [0.29, 0.717) is 16.7 Å². The molecule has 5 rings (SSSR count). The van der Waals surface area contributed by atoms with Gasteiger partial charge in [0.05, 0.1) is 16.2 Å². The molecule has 0 aromatic heterocycles. The van der Waals surface area contributed by atoms with Crippen molar-refractivity contribution in [2.45, 2.75) is 0 Å². The minimum absolute atomic E-state index is 0.00148. The largest absolute Gasteiger partial charge is 0.321 e. The van der Waals surface area contributed by atoms with Crippen LogP contribution in [0.5, 0.6) is 0 Å². The maximum Gasteiger partial charge on any atom is 0.269 e. The molecule has 34 heavy (non-hydrogen) atoms. The van der Waals surface area contributed by atoms with Crippen molar-refractivity contribution in [3.8, 4) is 11.1 Å². The predicted octanol–water partition coefficient (Wildman–Crippen LogP) is 5.29. The summed E-state index contributed by atoms with van der Waals surface area (Å²) in [6.07, 6.45) is 0. The second-order valence-corrected chi connectivity index (χ2v) is 7.77. The Balaban J connectivity index is 1.41. The van der Waals surface area contributed by atoms with Crippen LogP contribution in [0, 0.1) is 10.1 Å². The number of nitro groups is 1. The molecule has 0 radical (unpaired) electrons. The molecular formula is C27H16N2O5. The van der Waals surface area contributed by atoms with Crippen molar-refractivity contribution in [2.24, 2.45) is 0 Å². The van der Waals surface area contributed by atoms with Crippen LogP contribution in [-0.2, 0) is 0 Å². The Hall–Kier alpha value is -4.91. The topological polar surface area (TPSA) is 106 Å². The van der Waals surface area contributed by atoms with Gasteiger partial charge in [-0.1, -0.05) is 48.5 Å². The Kier molecular flexibility index (Phi) is 5.07. The fourth-order valence-corrected chi connectivity index (χ4v) is 4.03. The summed E-state index contributed by atoms with van der Waals surface area (Å²) in [5.41, 5.74) is 3.31. The number of hydrogen-bond donors (Lipinski definition) is 1. The number of carbonyl (C=O) groups is 3. The highest BCUT2D eigenvalue weighted by atomic mass is 16.6.